The van der Waals surface area contributed by atoms with Gasteiger partial charge in [-0.05, 0) is 53.3 Å². The summed E-state index contributed by atoms with van der Waals surface area (Å²) in [7, 11) is 5.22. The highest BCUT2D eigenvalue weighted by atomic mass is 16.5. The number of carbonyl (C=O) groups excluding carboxylic acids is 3. The minimum Gasteiger partial charge on any atom is -0.464 e. The maximum Gasteiger partial charge on any atom is 0.354 e. The monoisotopic (exact) mass is 377 g/mol. The van der Waals surface area contributed by atoms with Crippen LogP contribution in [0.5, 0.6) is 0 Å². The van der Waals surface area contributed by atoms with E-state index in [2.05, 4.69) is 0 Å². The number of hydrogen-bond donors (Lipinski definition) is 0. The molecule has 0 aliphatic heterocycles. The Balaban J connectivity index is 2.30. The van der Waals surface area contributed by atoms with Gasteiger partial charge in [0.15, 0.2) is 5.78 Å². The van der Waals surface area contributed by atoms with E-state index in [1.54, 1.807) is 16.4 Å². The zero-order valence-electron chi connectivity index (χ0n) is 17.3. The molecule has 7 heteroatoms. The Morgan fingerprint density at radius 3 is 2.26 bits per heavy atom. The predicted octanol–water partition coefficient (Wildman–Crippen LogP) is 1.89. The molecule has 27 heavy (non-hydrogen) atoms. The number of aromatic nitrogens is 1. The van der Waals surface area contributed by atoms with Crippen molar-refractivity contribution in [3.63, 3.8) is 0 Å². The van der Waals surface area contributed by atoms with Gasteiger partial charge in [0.1, 0.15) is 5.69 Å². The average Bonchev–Trinajstić information content (AvgIpc) is 3.42. The van der Waals surface area contributed by atoms with Crippen molar-refractivity contribution in [1.29, 1.82) is 0 Å². The van der Waals surface area contributed by atoms with Crippen LogP contribution in [-0.4, -0.2) is 72.9 Å². The van der Waals surface area contributed by atoms with Gasteiger partial charge >= 0.3 is 5.97 Å². The van der Waals surface area contributed by atoms with Crippen molar-refractivity contribution in [3.8, 4) is 0 Å². The van der Waals surface area contributed by atoms with Crippen molar-refractivity contribution >= 4 is 17.7 Å². The van der Waals surface area contributed by atoms with Crippen molar-refractivity contribution in [1.82, 2.24) is 14.4 Å². The lowest BCUT2D eigenvalue weighted by molar-refractivity contribution is -0.132. The summed E-state index contributed by atoms with van der Waals surface area (Å²) in [5.41, 5.74) is 2.30. The molecule has 1 aliphatic rings. The number of nitrogens with zero attached hydrogens (tertiary/aromatic N) is 3. The highest BCUT2D eigenvalue weighted by Crippen LogP contribution is 2.31. The molecule has 0 spiro atoms. The zero-order valence-corrected chi connectivity index (χ0v) is 17.3. The quantitative estimate of drug-likeness (QED) is 0.485. The number of likely N-dealkylation sites (N-methyl/N-ethyl adjacent to an activating group) is 1. The van der Waals surface area contributed by atoms with Crippen LogP contribution >= 0.6 is 0 Å². The molecule has 0 aromatic carbocycles. The van der Waals surface area contributed by atoms with Gasteiger partial charge in [0, 0.05) is 36.8 Å². The Hall–Kier alpha value is -2.15. The SMILES string of the molecule is CCn1c(C)c(C(=O)CN(CCN(C)C)C(=O)C2CC2)c(C)c1C(=O)OC. The highest BCUT2D eigenvalue weighted by Gasteiger charge is 2.35. The Labute approximate surface area is 161 Å². The summed E-state index contributed by atoms with van der Waals surface area (Å²) in [6, 6.07) is 0. The molecule has 0 atom stereocenters. The zero-order chi connectivity index (χ0) is 20.3. The van der Waals surface area contributed by atoms with E-state index in [0.29, 0.717) is 36.5 Å². The van der Waals surface area contributed by atoms with E-state index >= 15 is 0 Å². The molecule has 1 heterocycles. The minimum atomic E-state index is -0.449. The van der Waals surface area contributed by atoms with Gasteiger partial charge in [-0.15, -0.1) is 0 Å². The van der Waals surface area contributed by atoms with Crippen LogP contribution in [0.1, 0.15) is 51.9 Å². The Bertz CT molecular complexity index is 732. The maximum absolute atomic E-state index is 13.1. The second-order valence-electron chi connectivity index (χ2n) is 7.43. The number of amides is 1. The third kappa shape index (κ3) is 4.58. The van der Waals surface area contributed by atoms with Crippen LogP contribution in [0, 0.1) is 19.8 Å². The van der Waals surface area contributed by atoms with Gasteiger partial charge in [0.05, 0.1) is 13.7 Å². The summed E-state index contributed by atoms with van der Waals surface area (Å²) in [5, 5.41) is 0. The third-order valence-electron chi connectivity index (χ3n) is 5.13. The average molecular weight is 377 g/mol. The predicted molar refractivity (Wildman–Crippen MR) is 103 cm³/mol. The van der Waals surface area contributed by atoms with Crippen molar-refractivity contribution < 1.29 is 19.1 Å². The van der Waals surface area contributed by atoms with Crippen molar-refractivity contribution in [3.05, 3.63) is 22.5 Å². The van der Waals surface area contributed by atoms with Gasteiger partial charge in [-0.1, -0.05) is 0 Å². The van der Waals surface area contributed by atoms with E-state index in [0.717, 1.165) is 18.5 Å². The summed E-state index contributed by atoms with van der Waals surface area (Å²) >= 11 is 0. The Morgan fingerprint density at radius 1 is 1.15 bits per heavy atom. The summed E-state index contributed by atoms with van der Waals surface area (Å²) in [4.78, 5) is 41.6. The number of methoxy groups -OCH3 is 1. The summed E-state index contributed by atoms with van der Waals surface area (Å²) < 4.78 is 6.70. The van der Waals surface area contributed by atoms with E-state index in [1.165, 1.54) is 7.11 Å². The third-order valence-corrected chi connectivity index (χ3v) is 5.13. The highest BCUT2D eigenvalue weighted by molar-refractivity contribution is 6.04. The molecule has 150 valence electrons. The largest absolute Gasteiger partial charge is 0.464 e. The molecule has 1 aromatic heterocycles. The van der Waals surface area contributed by atoms with Crippen molar-refractivity contribution in [2.45, 2.75) is 40.2 Å². The fourth-order valence-electron chi connectivity index (χ4n) is 3.49. The molecule has 1 fully saturated rings. The van der Waals surface area contributed by atoms with Crippen LogP contribution in [0.15, 0.2) is 0 Å². The van der Waals surface area contributed by atoms with Crippen molar-refractivity contribution in [2.75, 3.05) is 40.8 Å². The van der Waals surface area contributed by atoms with E-state index < -0.39 is 5.97 Å². The molecular formula is C20H31N3O4. The summed E-state index contributed by atoms with van der Waals surface area (Å²) in [6.07, 6.45) is 1.81. The number of carbonyl (C=O) groups is 3. The normalized spacial score (nSPS) is 13.7. The molecule has 0 N–H and O–H groups in total. The van der Waals surface area contributed by atoms with E-state index in [9.17, 15) is 14.4 Å². The van der Waals surface area contributed by atoms with Crippen molar-refractivity contribution in [2.24, 2.45) is 5.92 Å². The van der Waals surface area contributed by atoms with Crippen LogP contribution in [-0.2, 0) is 16.1 Å². The Kier molecular flexibility index (Phi) is 6.81. The van der Waals surface area contributed by atoms with E-state index in [1.807, 2.05) is 32.8 Å². The topological polar surface area (TPSA) is 71.9 Å². The lowest BCUT2D eigenvalue weighted by atomic mass is 10.0. The minimum absolute atomic E-state index is 0.0409. The molecule has 1 amide bonds. The number of ether oxygens (including phenoxy) is 1. The molecule has 1 aromatic rings. The van der Waals surface area contributed by atoms with Crippen LogP contribution in [0.2, 0.25) is 0 Å². The first-order valence-corrected chi connectivity index (χ1v) is 9.47. The van der Waals surface area contributed by atoms with Gasteiger partial charge in [-0.2, -0.15) is 0 Å². The standard InChI is InChI=1S/C20H31N3O4/c1-7-23-14(3)17(13(2)18(23)20(26)27-6)16(24)12-22(11-10-21(4)5)19(25)15-8-9-15/h15H,7-12H2,1-6H3. The number of Topliss-reactive ketones (excluding diaryl/α,β-unsaturated/α-hetero) is 1. The Morgan fingerprint density at radius 2 is 1.78 bits per heavy atom. The van der Waals surface area contributed by atoms with Crippen LogP contribution in [0.4, 0.5) is 0 Å². The molecule has 7 nitrogen and oxygen atoms in total. The van der Waals surface area contributed by atoms with Gasteiger partial charge in [-0.3, -0.25) is 9.59 Å². The molecule has 0 bridgehead atoms. The maximum atomic E-state index is 13.1. The number of rotatable bonds is 9. The van der Waals surface area contributed by atoms with E-state index in [-0.39, 0.29) is 24.2 Å². The molecule has 2 rings (SSSR count). The smallest absolute Gasteiger partial charge is 0.354 e. The fourth-order valence-corrected chi connectivity index (χ4v) is 3.49. The van der Waals surface area contributed by atoms with Crippen LogP contribution < -0.4 is 0 Å². The molecule has 0 radical (unpaired) electrons. The summed E-state index contributed by atoms with van der Waals surface area (Å²) in [6.45, 7) is 7.36. The summed E-state index contributed by atoms with van der Waals surface area (Å²) in [5.74, 6) is -0.457. The van der Waals surface area contributed by atoms with Crippen LogP contribution in [0.25, 0.3) is 0 Å². The molecule has 0 saturated heterocycles. The first kappa shape index (κ1) is 21.2. The lowest BCUT2D eigenvalue weighted by Crippen LogP contribution is -2.41. The second-order valence-corrected chi connectivity index (χ2v) is 7.43. The first-order chi connectivity index (χ1) is 12.7. The van der Waals surface area contributed by atoms with Gasteiger partial charge in [-0.25, -0.2) is 4.79 Å². The van der Waals surface area contributed by atoms with E-state index in [4.69, 9.17) is 4.74 Å². The number of esters is 1. The van der Waals surface area contributed by atoms with Gasteiger partial charge in [0.2, 0.25) is 5.91 Å². The molecule has 0 unspecified atom stereocenters. The number of ketones is 1. The number of hydrogen-bond acceptors (Lipinski definition) is 5. The first-order valence-electron chi connectivity index (χ1n) is 9.47. The molecular weight excluding hydrogens is 346 g/mol. The van der Waals surface area contributed by atoms with Gasteiger partial charge in [0.25, 0.3) is 0 Å². The fraction of sp³-hybridized carbons (Fsp3) is 0.650. The van der Waals surface area contributed by atoms with Crippen LogP contribution in [0.3, 0.4) is 0 Å². The lowest BCUT2D eigenvalue weighted by Gasteiger charge is -2.24. The molecule has 1 aliphatic carbocycles. The van der Waals surface area contributed by atoms with Gasteiger partial charge < -0.3 is 19.1 Å². The second kappa shape index (κ2) is 8.69. The molecule has 1 saturated carbocycles.